The minimum Gasteiger partial charge on any atom is -0.202 e. The average molecular weight is 210 g/mol. The van der Waals surface area contributed by atoms with Crippen molar-refractivity contribution in [2.45, 2.75) is 25.8 Å². The number of aryl methyl sites for hydroxylation is 4. The van der Waals surface area contributed by atoms with Crippen LogP contribution in [0, 0.1) is 0 Å². The molecule has 1 nitrogen and oxygen atoms in total. The van der Waals surface area contributed by atoms with Gasteiger partial charge in [0.1, 0.15) is 0 Å². The third-order valence-electron chi connectivity index (χ3n) is 3.43. The lowest BCUT2D eigenvalue weighted by atomic mass is 9.97. The van der Waals surface area contributed by atoms with E-state index in [9.17, 15) is 0 Å². The Balaban J connectivity index is 1.97. The van der Waals surface area contributed by atoms with Gasteiger partial charge in [0, 0.05) is 25.0 Å². The maximum absolute atomic E-state index is 2.38. The van der Waals surface area contributed by atoms with E-state index in [4.69, 9.17) is 0 Å². The molecule has 0 saturated carbocycles. The number of aromatic nitrogens is 1. The molecule has 1 heteroatoms. The van der Waals surface area contributed by atoms with Gasteiger partial charge >= 0.3 is 0 Å². The van der Waals surface area contributed by atoms with Crippen molar-refractivity contribution in [2.75, 3.05) is 0 Å². The summed E-state index contributed by atoms with van der Waals surface area (Å²) in [5.74, 6) is 0. The SMILES string of the molecule is c1ccc2c(c1)CCc1cccc[n+]1CC2. The molecule has 0 saturated heterocycles. The number of pyridine rings is 1. The van der Waals surface area contributed by atoms with Crippen molar-refractivity contribution in [1.82, 2.24) is 0 Å². The van der Waals surface area contributed by atoms with Crippen LogP contribution in [0.25, 0.3) is 0 Å². The summed E-state index contributed by atoms with van der Waals surface area (Å²) in [6.07, 6.45) is 5.67. The van der Waals surface area contributed by atoms with Crippen LogP contribution >= 0.6 is 0 Å². The van der Waals surface area contributed by atoms with Gasteiger partial charge in [-0.15, -0.1) is 0 Å². The Labute approximate surface area is 96.4 Å². The zero-order valence-corrected chi connectivity index (χ0v) is 9.39. The van der Waals surface area contributed by atoms with Crippen molar-refractivity contribution >= 4 is 0 Å². The van der Waals surface area contributed by atoms with E-state index in [-0.39, 0.29) is 0 Å². The minimum absolute atomic E-state index is 1.10. The van der Waals surface area contributed by atoms with Gasteiger partial charge in [-0.2, -0.15) is 0 Å². The van der Waals surface area contributed by atoms with E-state index in [0.717, 1.165) is 19.4 Å². The summed E-state index contributed by atoms with van der Waals surface area (Å²) in [5, 5.41) is 0. The summed E-state index contributed by atoms with van der Waals surface area (Å²) < 4.78 is 2.38. The fourth-order valence-electron chi connectivity index (χ4n) is 2.51. The van der Waals surface area contributed by atoms with Crippen LogP contribution in [0.5, 0.6) is 0 Å². The lowest BCUT2D eigenvalue weighted by Crippen LogP contribution is -2.40. The van der Waals surface area contributed by atoms with Crippen LogP contribution in [0.4, 0.5) is 0 Å². The molecule has 3 rings (SSSR count). The van der Waals surface area contributed by atoms with Gasteiger partial charge < -0.3 is 0 Å². The number of nitrogens with zero attached hydrogens (tertiary/aromatic N) is 1. The zero-order valence-electron chi connectivity index (χ0n) is 9.39. The normalized spacial score (nSPS) is 14.5. The van der Waals surface area contributed by atoms with Gasteiger partial charge in [-0.05, 0) is 17.5 Å². The van der Waals surface area contributed by atoms with Gasteiger partial charge in [-0.25, -0.2) is 4.57 Å². The van der Waals surface area contributed by atoms with Crippen molar-refractivity contribution < 1.29 is 4.57 Å². The highest BCUT2D eigenvalue weighted by Crippen LogP contribution is 2.14. The molecule has 1 aliphatic heterocycles. The Hall–Kier alpha value is -1.63. The van der Waals surface area contributed by atoms with Gasteiger partial charge in [-0.3, -0.25) is 0 Å². The number of rotatable bonds is 0. The predicted octanol–water partition coefficient (Wildman–Crippen LogP) is 2.32. The molecule has 1 aromatic heterocycles. The second-order valence-electron chi connectivity index (χ2n) is 4.40. The molecule has 0 atom stereocenters. The summed E-state index contributed by atoms with van der Waals surface area (Å²) in [5.41, 5.74) is 4.50. The van der Waals surface area contributed by atoms with Crippen LogP contribution in [0.1, 0.15) is 16.8 Å². The molecule has 2 heterocycles. The van der Waals surface area contributed by atoms with E-state index in [0.29, 0.717) is 0 Å². The number of hydrogen-bond acceptors (Lipinski definition) is 0. The standard InChI is InChI=1S/C15H16N/c1-2-6-14-10-12-16-11-4-3-7-15(16)9-8-13(14)5-1/h1-7,11H,8-10,12H2/q+1. The van der Waals surface area contributed by atoms with Crippen molar-refractivity contribution in [1.29, 1.82) is 0 Å². The number of fused-ring (bicyclic) bond motifs is 2. The average Bonchev–Trinajstić information content (AvgIpc) is 2.32. The minimum atomic E-state index is 1.10. The highest BCUT2D eigenvalue weighted by molar-refractivity contribution is 5.28. The van der Waals surface area contributed by atoms with Crippen LogP contribution in [0.15, 0.2) is 48.7 Å². The lowest BCUT2D eigenvalue weighted by Gasteiger charge is -2.12. The molecular weight excluding hydrogens is 194 g/mol. The van der Waals surface area contributed by atoms with E-state index in [1.165, 1.54) is 23.2 Å². The van der Waals surface area contributed by atoms with Crippen molar-refractivity contribution in [3.63, 3.8) is 0 Å². The predicted molar refractivity (Wildman–Crippen MR) is 64.2 cm³/mol. The van der Waals surface area contributed by atoms with Crippen LogP contribution in [0.3, 0.4) is 0 Å². The molecule has 0 spiro atoms. The van der Waals surface area contributed by atoms with Crippen LogP contribution < -0.4 is 4.57 Å². The van der Waals surface area contributed by atoms with Gasteiger partial charge in [0.15, 0.2) is 18.4 Å². The molecule has 16 heavy (non-hydrogen) atoms. The van der Waals surface area contributed by atoms with Crippen molar-refractivity contribution in [2.24, 2.45) is 0 Å². The van der Waals surface area contributed by atoms with Crippen molar-refractivity contribution in [3.8, 4) is 0 Å². The first-order valence-corrected chi connectivity index (χ1v) is 5.97. The summed E-state index contributed by atoms with van der Waals surface area (Å²) in [4.78, 5) is 0. The molecule has 0 bridgehead atoms. The first-order valence-electron chi connectivity index (χ1n) is 5.97. The second kappa shape index (κ2) is 4.09. The smallest absolute Gasteiger partial charge is 0.181 e. The highest BCUT2D eigenvalue weighted by atomic mass is 14.9. The number of benzene rings is 1. The Morgan fingerprint density at radius 1 is 0.750 bits per heavy atom. The first-order chi connectivity index (χ1) is 7.93. The highest BCUT2D eigenvalue weighted by Gasteiger charge is 2.14. The second-order valence-corrected chi connectivity index (χ2v) is 4.40. The summed E-state index contributed by atoms with van der Waals surface area (Å²) in [6, 6.07) is 15.3. The van der Waals surface area contributed by atoms with Gasteiger partial charge in [0.25, 0.3) is 0 Å². The molecule has 0 radical (unpaired) electrons. The van der Waals surface area contributed by atoms with E-state index in [1.54, 1.807) is 0 Å². The summed E-state index contributed by atoms with van der Waals surface area (Å²) in [7, 11) is 0. The monoisotopic (exact) mass is 210 g/mol. The first kappa shape index (κ1) is 9.59. The Morgan fingerprint density at radius 3 is 2.38 bits per heavy atom. The van der Waals surface area contributed by atoms with Gasteiger partial charge in [0.05, 0.1) is 0 Å². The third kappa shape index (κ3) is 1.73. The number of hydrogen-bond donors (Lipinski definition) is 0. The fourth-order valence-corrected chi connectivity index (χ4v) is 2.51. The van der Waals surface area contributed by atoms with Crippen LogP contribution in [-0.4, -0.2) is 0 Å². The van der Waals surface area contributed by atoms with Crippen molar-refractivity contribution in [3.05, 3.63) is 65.5 Å². The lowest BCUT2D eigenvalue weighted by molar-refractivity contribution is -0.704. The Morgan fingerprint density at radius 2 is 1.50 bits per heavy atom. The molecule has 0 unspecified atom stereocenters. The maximum atomic E-state index is 2.38. The Bertz CT molecular complexity index is 409. The molecule has 1 aliphatic rings. The van der Waals surface area contributed by atoms with Crippen LogP contribution in [0.2, 0.25) is 0 Å². The topological polar surface area (TPSA) is 3.88 Å². The molecule has 0 amide bonds. The van der Waals surface area contributed by atoms with E-state index in [1.807, 2.05) is 0 Å². The molecule has 2 aromatic rings. The van der Waals surface area contributed by atoms with E-state index in [2.05, 4.69) is 53.2 Å². The third-order valence-corrected chi connectivity index (χ3v) is 3.43. The summed E-state index contributed by atoms with van der Waals surface area (Å²) in [6.45, 7) is 1.10. The van der Waals surface area contributed by atoms with E-state index < -0.39 is 0 Å². The van der Waals surface area contributed by atoms with Crippen LogP contribution in [-0.2, 0) is 25.8 Å². The zero-order chi connectivity index (χ0) is 10.8. The fraction of sp³-hybridized carbons (Fsp3) is 0.267. The molecular formula is C15H16N+. The molecule has 0 aliphatic carbocycles. The van der Waals surface area contributed by atoms with Gasteiger partial charge in [0.2, 0.25) is 0 Å². The quantitative estimate of drug-likeness (QED) is 0.587. The molecule has 1 aromatic carbocycles. The molecule has 0 N–H and O–H groups in total. The van der Waals surface area contributed by atoms with E-state index >= 15 is 0 Å². The molecule has 80 valence electrons. The van der Waals surface area contributed by atoms with Gasteiger partial charge in [-0.1, -0.05) is 30.3 Å². The molecule has 0 fully saturated rings. The maximum Gasteiger partial charge on any atom is 0.181 e. The summed E-state index contributed by atoms with van der Waals surface area (Å²) >= 11 is 0. The largest absolute Gasteiger partial charge is 0.202 e. The Kier molecular flexibility index (Phi) is 2.45.